The molecule has 0 bridgehead atoms. The van der Waals surface area contributed by atoms with Crippen LogP contribution >= 0.6 is 0 Å². The van der Waals surface area contributed by atoms with Crippen molar-refractivity contribution in [2.75, 3.05) is 26.5 Å². The average molecular weight is 358 g/mol. The number of piperidine rings is 1. The van der Waals surface area contributed by atoms with E-state index in [1.165, 1.54) is 11.0 Å². The highest BCUT2D eigenvalue weighted by molar-refractivity contribution is 5.98. The number of fused-ring (bicyclic) bond motifs is 1. The average Bonchev–Trinajstić information content (AvgIpc) is 3.25. The number of cyclic esters (lactones) is 1. The van der Waals surface area contributed by atoms with Crippen LogP contribution in [0.5, 0.6) is 11.5 Å². The quantitative estimate of drug-likeness (QED) is 0.760. The van der Waals surface area contributed by atoms with Gasteiger partial charge in [-0.1, -0.05) is 6.07 Å². The third kappa shape index (κ3) is 3.10. The minimum absolute atomic E-state index is 0.101. The highest BCUT2D eigenvalue weighted by Gasteiger charge is 2.38. The van der Waals surface area contributed by atoms with E-state index in [0.717, 1.165) is 5.56 Å². The third-order valence-electron chi connectivity index (χ3n) is 4.74. The molecule has 3 aliphatic rings. The maximum atomic E-state index is 12.4. The second-order valence-corrected chi connectivity index (χ2v) is 6.32. The summed E-state index contributed by atoms with van der Waals surface area (Å²) in [7, 11) is 0. The minimum atomic E-state index is -0.581. The van der Waals surface area contributed by atoms with Crippen molar-refractivity contribution in [3.05, 3.63) is 29.8 Å². The summed E-state index contributed by atoms with van der Waals surface area (Å²) in [5, 5.41) is 0. The molecule has 26 heavy (non-hydrogen) atoms. The maximum Gasteiger partial charge on any atom is 0.417 e. The van der Waals surface area contributed by atoms with E-state index in [9.17, 15) is 14.4 Å². The van der Waals surface area contributed by atoms with Crippen LogP contribution in [0.1, 0.15) is 18.4 Å². The van der Waals surface area contributed by atoms with Gasteiger partial charge < -0.3 is 19.1 Å². The largest absolute Gasteiger partial charge is 0.454 e. The van der Waals surface area contributed by atoms with E-state index < -0.39 is 6.09 Å². The summed E-state index contributed by atoms with van der Waals surface area (Å²) in [5.74, 6) is 0.965. The molecule has 0 atom stereocenters. The Hall–Kier alpha value is -3.03. The van der Waals surface area contributed by atoms with E-state index in [1.807, 2.05) is 18.2 Å². The van der Waals surface area contributed by atoms with Gasteiger partial charge in [-0.3, -0.25) is 9.59 Å². The number of rotatable bonds is 3. The van der Waals surface area contributed by atoms with Crippen molar-refractivity contribution in [1.82, 2.24) is 9.80 Å². The molecule has 136 valence electrons. The molecule has 0 spiro atoms. The molecule has 1 aromatic rings. The van der Waals surface area contributed by atoms with Crippen LogP contribution in [0.25, 0.3) is 6.08 Å². The number of ether oxygens (including phenoxy) is 3. The molecule has 0 N–H and O–H groups in total. The van der Waals surface area contributed by atoms with Crippen LogP contribution in [-0.4, -0.2) is 60.2 Å². The second kappa shape index (κ2) is 6.70. The van der Waals surface area contributed by atoms with Crippen molar-refractivity contribution in [2.45, 2.75) is 18.9 Å². The van der Waals surface area contributed by atoms with Crippen molar-refractivity contribution in [3.63, 3.8) is 0 Å². The SMILES string of the molecule is O=C(/C=C/c1ccc2c(c1)OCO2)N1CCC(N2C(=O)COC2=O)CC1. The van der Waals surface area contributed by atoms with Crippen LogP contribution in [0.3, 0.4) is 0 Å². The van der Waals surface area contributed by atoms with Crippen molar-refractivity contribution in [3.8, 4) is 11.5 Å². The minimum Gasteiger partial charge on any atom is -0.454 e. The summed E-state index contributed by atoms with van der Waals surface area (Å²) < 4.78 is 15.3. The fourth-order valence-corrected chi connectivity index (χ4v) is 3.35. The summed E-state index contributed by atoms with van der Waals surface area (Å²) in [6.07, 6.45) is 3.79. The van der Waals surface area contributed by atoms with Crippen molar-refractivity contribution >= 4 is 24.0 Å². The Morgan fingerprint density at radius 2 is 1.85 bits per heavy atom. The predicted molar refractivity (Wildman–Crippen MR) is 89.4 cm³/mol. The number of carbonyl (C=O) groups excluding carboxylic acids is 3. The first kappa shape index (κ1) is 16.4. The molecular weight excluding hydrogens is 340 g/mol. The molecule has 2 fully saturated rings. The molecule has 0 saturated carbocycles. The number of carbonyl (C=O) groups is 3. The lowest BCUT2D eigenvalue weighted by molar-refractivity contribution is -0.129. The molecule has 0 aromatic heterocycles. The van der Waals surface area contributed by atoms with Gasteiger partial charge in [-0.2, -0.15) is 0 Å². The van der Waals surface area contributed by atoms with Gasteiger partial charge in [-0.25, -0.2) is 9.69 Å². The van der Waals surface area contributed by atoms with Crippen molar-refractivity contribution in [2.24, 2.45) is 0 Å². The number of amides is 3. The number of hydrogen-bond acceptors (Lipinski definition) is 6. The molecule has 1 aromatic carbocycles. The number of nitrogens with zero attached hydrogens (tertiary/aromatic N) is 2. The summed E-state index contributed by atoms with van der Waals surface area (Å²) in [4.78, 5) is 38.6. The summed E-state index contributed by atoms with van der Waals surface area (Å²) in [5.41, 5.74) is 0.850. The molecule has 0 radical (unpaired) electrons. The van der Waals surface area contributed by atoms with Gasteiger partial charge in [0.15, 0.2) is 18.1 Å². The fraction of sp³-hybridized carbons (Fsp3) is 0.389. The maximum absolute atomic E-state index is 12.4. The molecule has 0 unspecified atom stereocenters. The number of imide groups is 1. The lowest BCUT2D eigenvalue weighted by Gasteiger charge is -2.34. The van der Waals surface area contributed by atoms with Crippen molar-refractivity contribution in [1.29, 1.82) is 0 Å². The van der Waals surface area contributed by atoms with Crippen LogP contribution in [0.2, 0.25) is 0 Å². The summed E-state index contributed by atoms with van der Waals surface area (Å²) >= 11 is 0. The lowest BCUT2D eigenvalue weighted by atomic mass is 10.0. The molecule has 3 heterocycles. The number of likely N-dealkylation sites (tertiary alicyclic amines) is 1. The van der Waals surface area contributed by atoms with Crippen LogP contribution in [0.15, 0.2) is 24.3 Å². The predicted octanol–water partition coefficient (Wildman–Crippen LogP) is 1.40. The molecule has 4 rings (SSSR count). The molecule has 3 amide bonds. The molecule has 0 aliphatic carbocycles. The molecule has 8 heteroatoms. The Morgan fingerprint density at radius 3 is 2.58 bits per heavy atom. The highest BCUT2D eigenvalue weighted by atomic mass is 16.7. The second-order valence-electron chi connectivity index (χ2n) is 6.32. The van der Waals surface area contributed by atoms with E-state index in [-0.39, 0.29) is 31.3 Å². The van der Waals surface area contributed by atoms with Gasteiger partial charge in [0, 0.05) is 25.2 Å². The first-order chi connectivity index (χ1) is 12.6. The lowest BCUT2D eigenvalue weighted by Crippen LogP contribution is -2.48. The molecule has 3 aliphatic heterocycles. The Morgan fingerprint density at radius 1 is 1.08 bits per heavy atom. The van der Waals surface area contributed by atoms with E-state index in [2.05, 4.69) is 0 Å². The van der Waals surface area contributed by atoms with Gasteiger partial charge in [0.25, 0.3) is 5.91 Å². The molecule has 8 nitrogen and oxygen atoms in total. The van der Waals surface area contributed by atoms with Gasteiger partial charge in [-0.15, -0.1) is 0 Å². The zero-order valence-corrected chi connectivity index (χ0v) is 14.1. The van der Waals surface area contributed by atoms with Crippen LogP contribution in [0, 0.1) is 0 Å². The van der Waals surface area contributed by atoms with Gasteiger partial charge in [0.05, 0.1) is 0 Å². The van der Waals surface area contributed by atoms with E-state index in [0.29, 0.717) is 37.4 Å². The fourth-order valence-electron chi connectivity index (χ4n) is 3.35. The van der Waals surface area contributed by atoms with E-state index in [1.54, 1.807) is 11.0 Å². The Bertz CT molecular complexity index is 766. The van der Waals surface area contributed by atoms with Gasteiger partial charge in [-0.05, 0) is 36.6 Å². The van der Waals surface area contributed by atoms with Crippen molar-refractivity contribution < 1.29 is 28.6 Å². The number of benzene rings is 1. The number of hydrogen-bond donors (Lipinski definition) is 0. The summed E-state index contributed by atoms with van der Waals surface area (Å²) in [6.45, 7) is 1.01. The zero-order valence-electron chi connectivity index (χ0n) is 14.1. The van der Waals surface area contributed by atoms with Crippen LogP contribution in [-0.2, 0) is 14.3 Å². The normalized spacial score (nSPS) is 20.2. The van der Waals surface area contributed by atoms with Crippen LogP contribution < -0.4 is 9.47 Å². The summed E-state index contributed by atoms with van der Waals surface area (Å²) in [6, 6.07) is 5.29. The highest BCUT2D eigenvalue weighted by Crippen LogP contribution is 2.32. The Balaban J connectivity index is 1.33. The van der Waals surface area contributed by atoms with Gasteiger partial charge in [0.2, 0.25) is 12.7 Å². The van der Waals surface area contributed by atoms with Gasteiger partial charge >= 0.3 is 6.09 Å². The monoisotopic (exact) mass is 358 g/mol. The Kier molecular flexibility index (Phi) is 4.24. The standard InChI is InChI=1S/C18H18N2O6/c21-16(4-2-12-1-3-14-15(9-12)26-11-25-14)19-7-5-13(6-8-19)20-17(22)10-24-18(20)23/h1-4,9,13H,5-8,10-11H2/b4-2+. The topological polar surface area (TPSA) is 85.4 Å². The Labute approximate surface area is 149 Å². The van der Waals surface area contributed by atoms with Crippen LogP contribution in [0.4, 0.5) is 4.79 Å². The van der Waals surface area contributed by atoms with Gasteiger partial charge in [0.1, 0.15) is 0 Å². The third-order valence-corrected chi connectivity index (χ3v) is 4.74. The first-order valence-electron chi connectivity index (χ1n) is 8.47. The van der Waals surface area contributed by atoms with E-state index in [4.69, 9.17) is 14.2 Å². The van der Waals surface area contributed by atoms with E-state index >= 15 is 0 Å². The molecule has 2 saturated heterocycles. The first-order valence-corrected chi connectivity index (χ1v) is 8.47. The molecular formula is C18H18N2O6. The smallest absolute Gasteiger partial charge is 0.417 e. The zero-order chi connectivity index (χ0) is 18.1.